The number of pyridine rings is 1. The Kier molecular flexibility index (Phi) is 5.71. The minimum atomic E-state index is -0.685. The molecule has 32 heavy (non-hydrogen) atoms. The Balaban J connectivity index is 1.43. The predicted molar refractivity (Wildman–Crippen MR) is 126 cm³/mol. The van der Waals surface area contributed by atoms with Crippen LogP contribution in [0.25, 0.3) is 32.8 Å². The summed E-state index contributed by atoms with van der Waals surface area (Å²) in [6, 6.07) is 22.4. The van der Waals surface area contributed by atoms with Crippen molar-refractivity contribution in [3.05, 3.63) is 72.9 Å². The van der Waals surface area contributed by atoms with Crippen LogP contribution in [0, 0.1) is 0 Å². The molecule has 0 saturated carbocycles. The van der Waals surface area contributed by atoms with Crippen LogP contribution < -0.4 is 10.1 Å². The molecular formula is C26H25N3O3. The summed E-state index contributed by atoms with van der Waals surface area (Å²) in [6.07, 6.45) is 1.13. The first kappa shape index (κ1) is 20.4. The monoisotopic (exact) mass is 427 g/mol. The zero-order chi connectivity index (χ0) is 21.9. The number of aliphatic hydroxyl groups is 1. The first-order chi connectivity index (χ1) is 15.7. The number of piperazine rings is 1. The fraction of sp³-hybridized carbons (Fsp3) is 0.231. The number of carbonyl (C=O) groups is 1. The third-order valence-corrected chi connectivity index (χ3v) is 5.79. The van der Waals surface area contributed by atoms with Gasteiger partial charge in [0.25, 0.3) is 0 Å². The van der Waals surface area contributed by atoms with E-state index in [1.54, 1.807) is 0 Å². The molecule has 6 heteroatoms. The molecule has 1 aliphatic heterocycles. The Hall–Kier alpha value is -3.48. The number of hydrogen-bond acceptors (Lipinski definition) is 5. The number of β-amino-alcohol motifs (C(OH)–C–C–N with tert-alkyl or cyclic N) is 1. The van der Waals surface area contributed by atoms with E-state index in [1.165, 1.54) is 0 Å². The van der Waals surface area contributed by atoms with Crippen LogP contribution in [0.1, 0.15) is 0 Å². The van der Waals surface area contributed by atoms with Crippen LogP contribution >= 0.6 is 0 Å². The maximum absolute atomic E-state index is 11.6. The first-order valence-electron chi connectivity index (χ1n) is 10.8. The zero-order valence-electron chi connectivity index (χ0n) is 17.7. The van der Waals surface area contributed by atoms with Gasteiger partial charge in [0.2, 0.25) is 5.91 Å². The van der Waals surface area contributed by atoms with E-state index in [-0.39, 0.29) is 12.5 Å². The molecule has 1 unspecified atom stereocenters. The van der Waals surface area contributed by atoms with E-state index >= 15 is 0 Å². The van der Waals surface area contributed by atoms with Gasteiger partial charge in [-0.05, 0) is 34.5 Å². The molecular weight excluding hydrogens is 402 g/mol. The molecule has 5 rings (SSSR count). The molecule has 1 amide bonds. The molecule has 4 aromatic rings. The quantitative estimate of drug-likeness (QED) is 0.494. The summed E-state index contributed by atoms with van der Waals surface area (Å²) in [5.74, 6) is 0.689. The second-order valence-corrected chi connectivity index (χ2v) is 8.12. The van der Waals surface area contributed by atoms with Crippen molar-refractivity contribution in [2.24, 2.45) is 0 Å². The number of amides is 1. The third kappa shape index (κ3) is 4.28. The zero-order valence-corrected chi connectivity index (χ0v) is 17.7. The van der Waals surface area contributed by atoms with Crippen LogP contribution in [0.5, 0.6) is 5.75 Å². The molecule has 1 aliphatic rings. The van der Waals surface area contributed by atoms with E-state index in [0.717, 1.165) is 39.3 Å². The normalized spacial score (nSPS) is 15.6. The molecule has 0 spiro atoms. The van der Waals surface area contributed by atoms with Gasteiger partial charge in [0.05, 0.1) is 12.1 Å². The van der Waals surface area contributed by atoms with Gasteiger partial charge in [-0.25, -0.2) is 0 Å². The highest BCUT2D eigenvalue weighted by molar-refractivity contribution is 6.04. The van der Waals surface area contributed by atoms with Crippen molar-refractivity contribution in [3.8, 4) is 16.9 Å². The maximum Gasteiger partial charge on any atom is 0.234 e. The Morgan fingerprint density at radius 2 is 1.88 bits per heavy atom. The molecule has 1 saturated heterocycles. The largest absolute Gasteiger partial charge is 0.491 e. The molecule has 1 aromatic heterocycles. The molecule has 2 N–H and O–H groups in total. The highest BCUT2D eigenvalue weighted by Gasteiger charge is 2.19. The van der Waals surface area contributed by atoms with Gasteiger partial charge in [-0.3, -0.25) is 14.7 Å². The highest BCUT2D eigenvalue weighted by atomic mass is 16.5. The molecule has 3 aromatic carbocycles. The van der Waals surface area contributed by atoms with Gasteiger partial charge in [-0.15, -0.1) is 0 Å². The van der Waals surface area contributed by atoms with Crippen LogP contribution in [0.3, 0.4) is 0 Å². The molecule has 0 radical (unpaired) electrons. The summed E-state index contributed by atoms with van der Waals surface area (Å²) in [6.45, 7) is 2.21. The number of ether oxygens (including phenoxy) is 1. The highest BCUT2D eigenvalue weighted by Crippen LogP contribution is 2.36. The Bertz CT molecular complexity index is 1270. The first-order valence-corrected chi connectivity index (χ1v) is 10.8. The van der Waals surface area contributed by atoms with Crippen molar-refractivity contribution < 1.29 is 14.6 Å². The van der Waals surface area contributed by atoms with E-state index in [2.05, 4.69) is 40.6 Å². The van der Waals surface area contributed by atoms with Gasteiger partial charge < -0.3 is 15.2 Å². The number of hydrogen-bond donors (Lipinski definition) is 2. The number of aliphatic hydroxyl groups excluding tert-OH is 1. The molecule has 1 fully saturated rings. The van der Waals surface area contributed by atoms with E-state index in [1.807, 2.05) is 47.5 Å². The standard InChI is InChI=1S/C26H25N3O3/c30-20(15-29-12-11-27-25(31)16-29)17-32-21-13-19-5-1-2-8-22(19)24(14-21)23-9-3-6-18-7-4-10-28-26(18)23/h1-10,13-14,20,30H,11-12,15-17H2,(H,27,31). The van der Waals surface area contributed by atoms with Crippen LogP contribution in [-0.2, 0) is 4.79 Å². The van der Waals surface area contributed by atoms with E-state index < -0.39 is 6.10 Å². The lowest BCUT2D eigenvalue weighted by Crippen LogP contribution is -2.50. The van der Waals surface area contributed by atoms with E-state index in [9.17, 15) is 9.90 Å². The van der Waals surface area contributed by atoms with E-state index in [0.29, 0.717) is 25.4 Å². The lowest BCUT2D eigenvalue weighted by Gasteiger charge is -2.28. The van der Waals surface area contributed by atoms with Crippen molar-refractivity contribution in [3.63, 3.8) is 0 Å². The summed E-state index contributed by atoms with van der Waals surface area (Å²) < 4.78 is 6.02. The van der Waals surface area contributed by atoms with Crippen LogP contribution in [-0.4, -0.2) is 59.8 Å². The van der Waals surface area contributed by atoms with Gasteiger partial charge in [0, 0.05) is 36.8 Å². The fourth-order valence-corrected chi connectivity index (χ4v) is 4.30. The topological polar surface area (TPSA) is 74.7 Å². The van der Waals surface area contributed by atoms with Crippen LogP contribution in [0.15, 0.2) is 72.9 Å². The Morgan fingerprint density at radius 3 is 2.78 bits per heavy atom. The molecule has 0 aliphatic carbocycles. The lowest BCUT2D eigenvalue weighted by molar-refractivity contribution is -0.124. The van der Waals surface area contributed by atoms with Crippen molar-refractivity contribution in [2.75, 3.05) is 32.8 Å². The molecule has 1 atom stereocenters. The number of benzene rings is 3. The third-order valence-electron chi connectivity index (χ3n) is 5.79. The van der Waals surface area contributed by atoms with Gasteiger partial charge in [-0.1, -0.05) is 48.5 Å². The molecule has 162 valence electrons. The van der Waals surface area contributed by atoms with E-state index in [4.69, 9.17) is 4.74 Å². The average Bonchev–Trinajstić information content (AvgIpc) is 2.82. The number of aromatic nitrogens is 1. The minimum absolute atomic E-state index is 0.00719. The van der Waals surface area contributed by atoms with Gasteiger partial charge in [-0.2, -0.15) is 0 Å². The predicted octanol–water partition coefficient (Wildman–Crippen LogP) is 3.23. The summed E-state index contributed by atoms with van der Waals surface area (Å²) in [7, 11) is 0. The smallest absolute Gasteiger partial charge is 0.234 e. The number of nitrogens with one attached hydrogen (secondary N) is 1. The van der Waals surface area contributed by atoms with Crippen molar-refractivity contribution >= 4 is 27.6 Å². The van der Waals surface area contributed by atoms with Crippen LogP contribution in [0.2, 0.25) is 0 Å². The fourth-order valence-electron chi connectivity index (χ4n) is 4.30. The van der Waals surface area contributed by atoms with Crippen molar-refractivity contribution in [2.45, 2.75) is 6.10 Å². The lowest BCUT2D eigenvalue weighted by atomic mass is 9.96. The summed E-state index contributed by atoms with van der Waals surface area (Å²) in [5.41, 5.74) is 3.04. The molecule has 6 nitrogen and oxygen atoms in total. The van der Waals surface area contributed by atoms with Gasteiger partial charge in [0.1, 0.15) is 18.5 Å². The summed E-state index contributed by atoms with van der Waals surface area (Å²) in [5, 5.41) is 16.6. The average molecular weight is 428 g/mol. The summed E-state index contributed by atoms with van der Waals surface area (Å²) in [4.78, 5) is 18.1. The number of fused-ring (bicyclic) bond motifs is 2. The Morgan fingerprint density at radius 1 is 1.03 bits per heavy atom. The number of nitrogens with zero attached hydrogens (tertiary/aromatic N) is 2. The van der Waals surface area contributed by atoms with Crippen LogP contribution in [0.4, 0.5) is 0 Å². The molecule has 2 heterocycles. The van der Waals surface area contributed by atoms with Crippen molar-refractivity contribution in [1.82, 2.24) is 15.2 Å². The SMILES string of the molecule is O=C1CN(CC(O)COc2cc(-c3cccc4cccnc34)c3ccccc3c2)CCN1. The second kappa shape index (κ2) is 8.94. The number of para-hydroxylation sites is 1. The van der Waals surface area contributed by atoms with Crippen molar-refractivity contribution in [1.29, 1.82) is 0 Å². The van der Waals surface area contributed by atoms with Gasteiger partial charge in [0.15, 0.2) is 0 Å². The molecule has 0 bridgehead atoms. The van der Waals surface area contributed by atoms with Gasteiger partial charge >= 0.3 is 0 Å². The summed E-state index contributed by atoms with van der Waals surface area (Å²) >= 11 is 0. The Labute approximate surface area is 186 Å². The maximum atomic E-state index is 11.6. The number of carbonyl (C=O) groups excluding carboxylic acids is 1. The second-order valence-electron chi connectivity index (χ2n) is 8.12. The number of rotatable bonds is 6. The minimum Gasteiger partial charge on any atom is -0.491 e.